The molecule has 0 radical (unpaired) electrons. The lowest BCUT2D eigenvalue weighted by Gasteiger charge is -2.25. The van der Waals surface area contributed by atoms with E-state index in [1.54, 1.807) is 19.1 Å². The molecule has 2 rings (SSSR count). The van der Waals surface area contributed by atoms with Crippen molar-refractivity contribution < 1.29 is 32.2 Å². The lowest BCUT2D eigenvalue weighted by atomic mass is 9.85. The number of hydrogen-bond acceptors (Lipinski definition) is 4. The van der Waals surface area contributed by atoms with Crippen molar-refractivity contribution >= 4 is 22.8 Å². The molecule has 1 aromatic heterocycles. The van der Waals surface area contributed by atoms with Gasteiger partial charge in [-0.2, -0.15) is 13.2 Å². The number of carbonyl (C=O) groups is 2. The second-order valence-electron chi connectivity index (χ2n) is 5.28. The van der Waals surface area contributed by atoms with Crippen LogP contribution >= 0.6 is 0 Å². The van der Waals surface area contributed by atoms with E-state index in [9.17, 15) is 22.8 Å². The number of fused-ring (bicyclic) bond motifs is 1. The Bertz CT molecular complexity index is 750. The number of rotatable bonds is 4. The van der Waals surface area contributed by atoms with E-state index in [-0.39, 0.29) is 10.9 Å². The van der Waals surface area contributed by atoms with Crippen molar-refractivity contribution in [1.29, 1.82) is 0 Å². The van der Waals surface area contributed by atoms with Crippen molar-refractivity contribution in [3.63, 3.8) is 0 Å². The average Bonchev–Trinajstić information content (AvgIpc) is 2.94. The fourth-order valence-electron chi connectivity index (χ4n) is 2.75. The summed E-state index contributed by atoms with van der Waals surface area (Å²) in [5.74, 6) is -7.12. The minimum absolute atomic E-state index is 0.206. The van der Waals surface area contributed by atoms with Crippen LogP contribution in [0.1, 0.15) is 17.0 Å². The fraction of sp³-hybridized carbons (Fsp3) is 0.375. The van der Waals surface area contributed by atoms with Crippen molar-refractivity contribution in [3.05, 3.63) is 35.5 Å². The number of benzene rings is 1. The Kier molecular flexibility index (Phi) is 4.86. The number of aryl methyl sites for hydroxylation is 1. The van der Waals surface area contributed by atoms with Crippen LogP contribution in [0.4, 0.5) is 13.2 Å². The van der Waals surface area contributed by atoms with Gasteiger partial charge in [-0.25, -0.2) is 0 Å². The van der Waals surface area contributed by atoms with Crippen LogP contribution < -0.4 is 0 Å². The van der Waals surface area contributed by atoms with Gasteiger partial charge in [-0.3, -0.25) is 9.59 Å². The first-order valence-electron chi connectivity index (χ1n) is 7.01. The molecule has 1 aromatic carbocycles. The summed E-state index contributed by atoms with van der Waals surface area (Å²) in [7, 11) is 1.84. The molecule has 0 unspecified atom stereocenters. The van der Waals surface area contributed by atoms with E-state index >= 15 is 0 Å². The molecule has 0 saturated heterocycles. The topological polar surface area (TPSA) is 68.4 Å². The number of aromatic amines is 1. The monoisotopic (exact) mass is 343 g/mol. The Morgan fingerprint density at radius 1 is 1.12 bits per heavy atom. The molecular weight excluding hydrogens is 327 g/mol. The molecule has 0 aliphatic rings. The third-order valence-electron chi connectivity index (χ3n) is 3.89. The van der Waals surface area contributed by atoms with Gasteiger partial charge >= 0.3 is 18.1 Å². The van der Waals surface area contributed by atoms with E-state index in [0.29, 0.717) is 5.52 Å². The highest BCUT2D eigenvalue weighted by Crippen LogP contribution is 2.44. The van der Waals surface area contributed by atoms with Crippen molar-refractivity contribution in [2.75, 3.05) is 14.2 Å². The van der Waals surface area contributed by atoms with Gasteiger partial charge in [0, 0.05) is 17.1 Å². The van der Waals surface area contributed by atoms with Gasteiger partial charge in [-0.05, 0) is 18.1 Å². The quantitative estimate of drug-likeness (QED) is 0.684. The molecule has 24 heavy (non-hydrogen) atoms. The normalized spacial score (nSPS) is 13.1. The van der Waals surface area contributed by atoms with Crippen LogP contribution in [0.5, 0.6) is 0 Å². The second-order valence-corrected chi connectivity index (χ2v) is 5.28. The molecule has 130 valence electrons. The average molecular weight is 343 g/mol. The largest absolute Gasteiger partial charge is 0.468 e. The van der Waals surface area contributed by atoms with Gasteiger partial charge in [-0.15, -0.1) is 0 Å². The molecule has 0 fully saturated rings. The lowest BCUT2D eigenvalue weighted by Crippen LogP contribution is -2.39. The number of halogens is 3. The molecule has 0 bridgehead atoms. The minimum Gasteiger partial charge on any atom is -0.468 e. The SMILES string of the molecule is COC(=O)C(C(=O)OC)[C@H](c1c[nH]c2c(C)cccc12)C(F)(F)F. The maximum atomic E-state index is 13.7. The smallest absolute Gasteiger partial charge is 0.397 e. The van der Waals surface area contributed by atoms with E-state index < -0.39 is 30.0 Å². The third-order valence-corrected chi connectivity index (χ3v) is 3.89. The summed E-state index contributed by atoms with van der Waals surface area (Å²) in [5, 5.41) is 0.287. The Labute approximate surface area is 135 Å². The van der Waals surface area contributed by atoms with Crippen LogP contribution in [-0.4, -0.2) is 37.3 Å². The molecule has 0 aliphatic carbocycles. The highest BCUT2D eigenvalue weighted by Gasteiger charge is 2.53. The van der Waals surface area contributed by atoms with Crippen LogP contribution in [0.25, 0.3) is 10.9 Å². The van der Waals surface area contributed by atoms with Crippen LogP contribution in [-0.2, 0) is 19.1 Å². The van der Waals surface area contributed by atoms with Gasteiger partial charge in [0.1, 0.15) is 5.92 Å². The van der Waals surface area contributed by atoms with E-state index in [4.69, 9.17) is 0 Å². The van der Waals surface area contributed by atoms with E-state index in [1.807, 2.05) is 0 Å². The molecular formula is C16H16F3NO4. The number of hydrogen-bond donors (Lipinski definition) is 1. The third kappa shape index (κ3) is 3.08. The van der Waals surface area contributed by atoms with Gasteiger partial charge < -0.3 is 14.5 Å². The van der Waals surface area contributed by atoms with Gasteiger partial charge in [0.05, 0.1) is 14.2 Å². The molecule has 2 aromatic rings. The first-order chi connectivity index (χ1) is 11.2. The van der Waals surface area contributed by atoms with Crippen molar-refractivity contribution in [1.82, 2.24) is 4.98 Å². The van der Waals surface area contributed by atoms with Gasteiger partial charge in [-0.1, -0.05) is 18.2 Å². The molecule has 0 saturated carbocycles. The summed E-state index contributed by atoms with van der Waals surface area (Å²) >= 11 is 0. The zero-order valence-corrected chi connectivity index (χ0v) is 13.2. The number of aromatic nitrogens is 1. The van der Waals surface area contributed by atoms with Crippen LogP contribution in [0.15, 0.2) is 24.4 Å². The number of esters is 2. The molecule has 1 N–H and O–H groups in total. The van der Waals surface area contributed by atoms with Crippen molar-refractivity contribution in [3.8, 4) is 0 Å². The molecule has 0 amide bonds. The molecule has 5 nitrogen and oxygen atoms in total. The highest BCUT2D eigenvalue weighted by molar-refractivity contribution is 5.97. The Hall–Kier alpha value is -2.51. The summed E-state index contributed by atoms with van der Waals surface area (Å²) in [4.78, 5) is 26.5. The summed E-state index contributed by atoms with van der Waals surface area (Å²) in [5.41, 5.74) is 1.05. The Morgan fingerprint density at radius 2 is 1.71 bits per heavy atom. The van der Waals surface area contributed by atoms with E-state index in [2.05, 4.69) is 14.5 Å². The predicted molar refractivity (Wildman–Crippen MR) is 79.4 cm³/mol. The van der Waals surface area contributed by atoms with Crippen molar-refractivity contribution in [2.45, 2.75) is 19.0 Å². The van der Waals surface area contributed by atoms with Crippen molar-refractivity contribution in [2.24, 2.45) is 5.92 Å². The lowest BCUT2D eigenvalue weighted by molar-refractivity contribution is -0.187. The first kappa shape index (κ1) is 17.8. The number of para-hydroxylation sites is 1. The summed E-state index contributed by atoms with van der Waals surface area (Å²) in [6.07, 6.45) is -3.69. The number of methoxy groups -OCH3 is 2. The number of H-pyrrole nitrogens is 1. The molecule has 8 heteroatoms. The fourth-order valence-corrected chi connectivity index (χ4v) is 2.75. The molecule has 0 aliphatic heterocycles. The summed E-state index contributed by atoms with van der Waals surface area (Å²) in [6, 6.07) is 4.84. The molecule has 1 atom stereocenters. The maximum Gasteiger partial charge on any atom is 0.397 e. The number of carbonyl (C=O) groups excluding carboxylic acids is 2. The molecule has 0 spiro atoms. The first-order valence-corrected chi connectivity index (χ1v) is 7.01. The number of nitrogens with one attached hydrogen (secondary N) is 1. The van der Waals surface area contributed by atoms with Crippen LogP contribution in [0.3, 0.4) is 0 Å². The second kappa shape index (κ2) is 6.54. The van der Waals surface area contributed by atoms with E-state index in [0.717, 1.165) is 26.0 Å². The predicted octanol–water partition coefficient (Wildman–Crippen LogP) is 3.08. The van der Waals surface area contributed by atoms with Gasteiger partial charge in [0.2, 0.25) is 0 Å². The number of alkyl halides is 3. The zero-order valence-electron chi connectivity index (χ0n) is 13.2. The Morgan fingerprint density at radius 3 is 2.21 bits per heavy atom. The summed E-state index contributed by atoms with van der Waals surface area (Å²) in [6.45, 7) is 1.74. The van der Waals surface area contributed by atoms with Gasteiger partial charge in [0.25, 0.3) is 0 Å². The number of ether oxygens (including phenoxy) is 2. The minimum atomic E-state index is -4.86. The zero-order chi connectivity index (χ0) is 18.1. The van der Waals surface area contributed by atoms with Gasteiger partial charge in [0.15, 0.2) is 5.92 Å². The van der Waals surface area contributed by atoms with Crippen LogP contribution in [0.2, 0.25) is 0 Å². The molecule has 1 heterocycles. The van der Waals surface area contributed by atoms with Crippen LogP contribution in [0, 0.1) is 12.8 Å². The Balaban J connectivity index is 2.69. The van der Waals surface area contributed by atoms with E-state index in [1.165, 1.54) is 6.07 Å². The standard InChI is InChI=1S/C16H16F3NO4/c1-8-5-4-6-9-10(7-20-13(8)9)12(16(17,18)19)11(14(21)23-2)15(22)24-3/h4-7,11-12,20H,1-3H3/t12-/m0/s1. The maximum absolute atomic E-state index is 13.7. The summed E-state index contributed by atoms with van der Waals surface area (Å²) < 4.78 is 50.0. The highest BCUT2D eigenvalue weighted by atomic mass is 19.4.